The van der Waals surface area contributed by atoms with Crippen molar-refractivity contribution < 1.29 is 27.5 Å². The number of benzene rings is 2. The molecular weight excluding hydrogens is 565 g/mol. The molecule has 0 aliphatic carbocycles. The van der Waals surface area contributed by atoms with Crippen molar-refractivity contribution in [2.45, 2.75) is 52.6 Å². The molecule has 2 aromatic rings. The monoisotopic (exact) mass is 599 g/mol. The van der Waals surface area contributed by atoms with E-state index in [0.717, 1.165) is 6.26 Å². The second kappa shape index (κ2) is 13.6. The number of hydrogen-bond donors (Lipinski definition) is 1. The number of hydrogen-bond acceptors (Lipinski definition) is 6. The van der Waals surface area contributed by atoms with Gasteiger partial charge in [0.05, 0.1) is 11.9 Å². The Morgan fingerprint density at radius 3 is 2.36 bits per heavy atom. The summed E-state index contributed by atoms with van der Waals surface area (Å²) >= 11 is 12.8. The maximum absolute atomic E-state index is 13.6. The SMILES string of the molecule is CC[C@H](C(=O)NCC(C)C)N(Cc1c(Cl)cccc1Cl)C(=O)CCCN(c1ccc2c(c1)OCO2)S(C)(=O)=O. The van der Waals surface area contributed by atoms with Crippen LogP contribution in [0.1, 0.15) is 45.6 Å². The Kier molecular flexibility index (Phi) is 10.7. The minimum Gasteiger partial charge on any atom is -0.454 e. The minimum absolute atomic E-state index is 0.00655. The molecule has 0 aromatic heterocycles. The Labute approximate surface area is 240 Å². The molecule has 1 aliphatic rings. The molecule has 3 rings (SSSR count). The average molecular weight is 601 g/mol. The van der Waals surface area contributed by atoms with Gasteiger partial charge in [-0.05, 0) is 43.0 Å². The highest BCUT2D eigenvalue weighted by Gasteiger charge is 2.30. The summed E-state index contributed by atoms with van der Waals surface area (Å²) in [5.74, 6) is 0.667. The van der Waals surface area contributed by atoms with Gasteiger partial charge in [0, 0.05) is 47.7 Å². The molecule has 9 nitrogen and oxygen atoms in total. The number of rotatable bonds is 13. The maximum Gasteiger partial charge on any atom is 0.242 e. The van der Waals surface area contributed by atoms with Crippen LogP contribution in [0, 0.1) is 5.92 Å². The van der Waals surface area contributed by atoms with Crippen molar-refractivity contribution in [2.24, 2.45) is 5.92 Å². The van der Waals surface area contributed by atoms with E-state index in [1.54, 1.807) is 36.4 Å². The van der Waals surface area contributed by atoms with Crippen LogP contribution in [-0.2, 0) is 26.2 Å². The molecule has 12 heteroatoms. The number of anilines is 1. The van der Waals surface area contributed by atoms with Gasteiger partial charge in [-0.3, -0.25) is 13.9 Å². The van der Waals surface area contributed by atoms with Crippen molar-refractivity contribution >= 4 is 50.7 Å². The van der Waals surface area contributed by atoms with Gasteiger partial charge >= 0.3 is 0 Å². The first-order chi connectivity index (χ1) is 18.4. The zero-order valence-corrected chi connectivity index (χ0v) is 24.9. The van der Waals surface area contributed by atoms with Gasteiger partial charge in [0.15, 0.2) is 11.5 Å². The van der Waals surface area contributed by atoms with Gasteiger partial charge in [-0.1, -0.05) is 50.0 Å². The molecule has 2 aromatic carbocycles. The molecule has 0 saturated heterocycles. The molecule has 1 aliphatic heterocycles. The highest BCUT2D eigenvalue weighted by molar-refractivity contribution is 7.92. The fraction of sp³-hybridized carbons (Fsp3) is 0.481. The summed E-state index contributed by atoms with van der Waals surface area (Å²) in [6.45, 7) is 6.45. The summed E-state index contributed by atoms with van der Waals surface area (Å²) in [6, 6.07) is 9.21. The van der Waals surface area contributed by atoms with E-state index in [1.807, 2.05) is 20.8 Å². The van der Waals surface area contributed by atoms with E-state index in [0.29, 0.717) is 45.8 Å². The Bertz CT molecular complexity index is 1270. The average Bonchev–Trinajstić information content (AvgIpc) is 3.34. The summed E-state index contributed by atoms with van der Waals surface area (Å²) in [5, 5.41) is 3.70. The Hall–Kier alpha value is -2.69. The number of carbonyl (C=O) groups excluding carboxylic acids is 2. The molecule has 1 atom stereocenters. The lowest BCUT2D eigenvalue weighted by molar-refractivity contribution is -0.141. The smallest absolute Gasteiger partial charge is 0.242 e. The zero-order valence-electron chi connectivity index (χ0n) is 22.6. The highest BCUT2D eigenvalue weighted by Crippen LogP contribution is 2.36. The van der Waals surface area contributed by atoms with Gasteiger partial charge < -0.3 is 19.7 Å². The van der Waals surface area contributed by atoms with Crippen LogP contribution < -0.4 is 19.1 Å². The third-order valence-electron chi connectivity index (χ3n) is 6.26. The molecule has 0 bridgehead atoms. The summed E-state index contributed by atoms with van der Waals surface area (Å²) in [7, 11) is -3.65. The highest BCUT2D eigenvalue weighted by atomic mass is 35.5. The number of amides is 2. The van der Waals surface area contributed by atoms with Crippen molar-refractivity contribution in [3.05, 3.63) is 52.0 Å². The van der Waals surface area contributed by atoms with E-state index in [-0.39, 0.29) is 50.5 Å². The van der Waals surface area contributed by atoms with Crippen LogP contribution in [0.5, 0.6) is 11.5 Å². The van der Waals surface area contributed by atoms with Crippen LogP contribution >= 0.6 is 23.2 Å². The molecule has 0 radical (unpaired) electrons. The quantitative estimate of drug-likeness (QED) is 0.353. The standard InChI is InChI=1S/C27H35Cl2N3O6S/c1-5-23(27(34)30-15-18(2)3)31(16-20-21(28)8-6-9-22(20)29)26(33)10-7-13-32(39(4,35)36)19-11-12-24-25(14-19)38-17-37-24/h6,8-9,11-12,14,18,23H,5,7,10,13,15-17H2,1-4H3,(H,30,34)/t23-/m1/s1. The predicted octanol–water partition coefficient (Wildman–Crippen LogP) is 4.85. The van der Waals surface area contributed by atoms with Crippen LogP contribution in [0.2, 0.25) is 10.0 Å². The van der Waals surface area contributed by atoms with Gasteiger partial charge in [-0.2, -0.15) is 0 Å². The van der Waals surface area contributed by atoms with Crippen LogP contribution in [0.25, 0.3) is 0 Å². The lowest BCUT2D eigenvalue weighted by Gasteiger charge is -2.32. The van der Waals surface area contributed by atoms with E-state index in [9.17, 15) is 18.0 Å². The molecule has 0 saturated carbocycles. The van der Waals surface area contributed by atoms with E-state index < -0.39 is 16.1 Å². The molecule has 1 N–H and O–H groups in total. The normalized spacial score (nSPS) is 13.3. The van der Waals surface area contributed by atoms with Crippen molar-refractivity contribution in [1.82, 2.24) is 10.2 Å². The zero-order chi connectivity index (χ0) is 28.7. The van der Waals surface area contributed by atoms with Gasteiger partial charge in [-0.25, -0.2) is 8.42 Å². The molecule has 0 fully saturated rings. The summed E-state index contributed by atoms with van der Waals surface area (Å²) < 4.78 is 37.1. The lowest BCUT2D eigenvalue weighted by Crippen LogP contribution is -2.49. The van der Waals surface area contributed by atoms with Crippen molar-refractivity contribution in [2.75, 3.05) is 30.4 Å². The lowest BCUT2D eigenvalue weighted by atomic mass is 10.1. The molecule has 0 unspecified atom stereocenters. The summed E-state index contributed by atoms with van der Waals surface area (Å²) in [6.07, 6.45) is 1.71. The van der Waals surface area contributed by atoms with Crippen molar-refractivity contribution in [3.8, 4) is 11.5 Å². The number of halogens is 2. The molecule has 0 spiro atoms. The number of carbonyl (C=O) groups is 2. The van der Waals surface area contributed by atoms with Crippen LogP contribution in [0.4, 0.5) is 5.69 Å². The van der Waals surface area contributed by atoms with E-state index >= 15 is 0 Å². The number of nitrogens with one attached hydrogen (secondary N) is 1. The second-order valence-electron chi connectivity index (χ2n) is 9.76. The summed E-state index contributed by atoms with van der Waals surface area (Å²) in [5.41, 5.74) is 0.954. The minimum atomic E-state index is -3.65. The summed E-state index contributed by atoms with van der Waals surface area (Å²) in [4.78, 5) is 28.2. The molecule has 39 heavy (non-hydrogen) atoms. The third-order valence-corrected chi connectivity index (χ3v) is 8.16. The van der Waals surface area contributed by atoms with E-state index in [2.05, 4.69) is 5.32 Å². The topological polar surface area (TPSA) is 105 Å². The van der Waals surface area contributed by atoms with Crippen LogP contribution in [0.3, 0.4) is 0 Å². The van der Waals surface area contributed by atoms with E-state index in [1.165, 1.54) is 9.21 Å². The third kappa shape index (κ3) is 8.16. The Morgan fingerprint density at radius 1 is 1.08 bits per heavy atom. The maximum atomic E-state index is 13.6. The fourth-order valence-electron chi connectivity index (χ4n) is 4.24. The van der Waals surface area contributed by atoms with Gasteiger partial charge in [-0.15, -0.1) is 0 Å². The van der Waals surface area contributed by atoms with E-state index in [4.69, 9.17) is 32.7 Å². The van der Waals surface area contributed by atoms with Crippen LogP contribution in [-0.4, -0.2) is 57.3 Å². The Balaban J connectivity index is 1.80. The van der Waals surface area contributed by atoms with Gasteiger partial charge in [0.2, 0.25) is 28.6 Å². The molecule has 2 amide bonds. The first kappa shape index (κ1) is 30.8. The van der Waals surface area contributed by atoms with Crippen molar-refractivity contribution in [1.29, 1.82) is 0 Å². The Morgan fingerprint density at radius 2 is 1.74 bits per heavy atom. The second-order valence-corrected chi connectivity index (χ2v) is 12.5. The van der Waals surface area contributed by atoms with Crippen molar-refractivity contribution in [3.63, 3.8) is 0 Å². The largest absolute Gasteiger partial charge is 0.454 e. The molecule has 214 valence electrons. The van der Waals surface area contributed by atoms with Gasteiger partial charge in [0.25, 0.3) is 0 Å². The number of nitrogens with zero attached hydrogens (tertiary/aromatic N) is 2. The predicted molar refractivity (Wildman–Crippen MR) is 153 cm³/mol. The first-order valence-corrected chi connectivity index (χ1v) is 15.4. The first-order valence-electron chi connectivity index (χ1n) is 12.8. The van der Waals surface area contributed by atoms with Crippen LogP contribution in [0.15, 0.2) is 36.4 Å². The fourth-order valence-corrected chi connectivity index (χ4v) is 5.71. The molecule has 1 heterocycles. The number of ether oxygens (including phenoxy) is 2. The van der Waals surface area contributed by atoms with Gasteiger partial charge in [0.1, 0.15) is 6.04 Å². The number of fused-ring (bicyclic) bond motifs is 1. The molecular formula is C27H35Cl2N3O6S. The number of sulfonamides is 1.